The first-order chi connectivity index (χ1) is 8.83. The predicted octanol–water partition coefficient (Wildman–Crippen LogP) is 2.69. The van der Waals surface area contributed by atoms with Crippen molar-refractivity contribution in [3.8, 4) is 11.4 Å². The molecular weight excluding hydrogens is 224 g/mol. The van der Waals surface area contributed by atoms with Crippen molar-refractivity contribution in [2.75, 3.05) is 11.1 Å². The standard InChI is InChI=1S/C14H16N4/c15-12-6-5-10(14-16-7-2-8-17-14)9-13(12)18-11-3-1-4-11/h2,5-9,11,18H,1,3-4,15H2. The van der Waals surface area contributed by atoms with Gasteiger partial charge < -0.3 is 11.1 Å². The van der Waals surface area contributed by atoms with E-state index in [4.69, 9.17) is 5.73 Å². The molecule has 1 aromatic heterocycles. The predicted molar refractivity (Wildman–Crippen MR) is 73.1 cm³/mol. The highest BCUT2D eigenvalue weighted by Gasteiger charge is 2.18. The van der Waals surface area contributed by atoms with Crippen molar-refractivity contribution >= 4 is 11.4 Å². The summed E-state index contributed by atoms with van der Waals surface area (Å²) in [6.45, 7) is 0. The molecule has 1 heterocycles. The van der Waals surface area contributed by atoms with Crippen molar-refractivity contribution < 1.29 is 0 Å². The Morgan fingerprint density at radius 2 is 1.94 bits per heavy atom. The van der Waals surface area contributed by atoms with Gasteiger partial charge in [-0.1, -0.05) is 0 Å². The summed E-state index contributed by atoms with van der Waals surface area (Å²) in [6, 6.07) is 8.28. The quantitative estimate of drug-likeness (QED) is 0.810. The lowest BCUT2D eigenvalue weighted by molar-refractivity contribution is 0.446. The average Bonchev–Trinajstić information content (AvgIpc) is 2.37. The van der Waals surface area contributed by atoms with E-state index in [9.17, 15) is 0 Å². The van der Waals surface area contributed by atoms with Gasteiger partial charge in [0, 0.05) is 24.0 Å². The monoisotopic (exact) mass is 240 g/mol. The molecule has 0 saturated heterocycles. The Labute approximate surface area is 106 Å². The minimum Gasteiger partial charge on any atom is -0.397 e. The maximum absolute atomic E-state index is 5.99. The number of anilines is 2. The van der Waals surface area contributed by atoms with Crippen LogP contribution in [0.25, 0.3) is 11.4 Å². The largest absolute Gasteiger partial charge is 0.397 e. The number of rotatable bonds is 3. The van der Waals surface area contributed by atoms with E-state index in [-0.39, 0.29) is 0 Å². The molecule has 92 valence electrons. The zero-order valence-electron chi connectivity index (χ0n) is 10.1. The second-order valence-corrected chi connectivity index (χ2v) is 4.65. The second-order valence-electron chi connectivity index (χ2n) is 4.65. The summed E-state index contributed by atoms with van der Waals surface area (Å²) >= 11 is 0. The van der Waals surface area contributed by atoms with Crippen LogP contribution in [-0.4, -0.2) is 16.0 Å². The smallest absolute Gasteiger partial charge is 0.159 e. The molecule has 1 aliphatic carbocycles. The molecular formula is C14H16N4. The molecule has 1 aromatic carbocycles. The molecule has 0 bridgehead atoms. The summed E-state index contributed by atoms with van der Waals surface area (Å²) in [5, 5.41) is 3.48. The molecule has 4 nitrogen and oxygen atoms in total. The molecule has 0 aliphatic heterocycles. The zero-order valence-corrected chi connectivity index (χ0v) is 10.1. The van der Waals surface area contributed by atoms with E-state index in [0.29, 0.717) is 6.04 Å². The number of benzene rings is 1. The normalized spacial score (nSPS) is 15.1. The van der Waals surface area contributed by atoms with Crippen LogP contribution in [0.1, 0.15) is 19.3 Å². The van der Waals surface area contributed by atoms with Gasteiger partial charge in [0.05, 0.1) is 11.4 Å². The maximum Gasteiger partial charge on any atom is 0.159 e. The van der Waals surface area contributed by atoms with Gasteiger partial charge in [-0.3, -0.25) is 0 Å². The molecule has 3 rings (SSSR count). The molecule has 0 spiro atoms. The van der Waals surface area contributed by atoms with E-state index in [1.807, 2.05) is 24.3 Å². The summed E-state index contributed by atoms with van der Waals surface area (Å²) in [4.78, 5) is 8.51. The molecule has 2 aromatic rings. The van der Waals surface area contributed by atoms with Crippen molar-refractivity contribution in [2.45, 2.75) is 25.3 Å². The van der Waals surface area contributed by atoms with E-state index in [1.165, 1.54) is 19.3 Å². The first kappa shape index (κ1) is 11.0. The van der Waals surface area contributed by atoms with Crippen LogP contribution in [0.5, 0.6) is 0 Å². The summed E-state index contributed by atoms with van der Waals surface area (Å²) in [7, 11) is 0. The van der Waals surface area contributed by atoms with Crippen molar-refractivity contribution in [3.63, 3.8) is 0 Å². The first-order valence-electron chi connectivity index (χ1n) is 6.26. The lowest BCUT2D eigenvalue weighted by atomic mass is 9.93. The zero-order chi connectivity index (χ0) is 12.4. The molecule has 0 atom stereocenters. The summed E-state index contributed by atoms with van der Waals surface area (Å²) in [6.07, 6.45) is 7.26. The number of hydrogen-bond donors (Lipinski definition) is 2. The number of nitrogens with zero attached hydrogens (tertiary/aromatic N) is 2. The van der Waals surface area contributed by atoms with Crippen LogP contribution < -0.4 is 11.1 Å². The highest BCUT2D eigenvalue weighted by molar-refractivity contribution is 5.73. The van der Waals surface area contributed by atoms with Crippen LogP contribution >= 0.6 is 0 Å². The van der Waals surface area contributed by atoms with Crippen LogP contribution in [0.3, 0.4) is 0 Å². The van der Waals surface area contributed by atoms with Crippen LogP contribution in [-0.2, 0) is 0 Å². The molecule has 0 unspecified atom stereocenters. The minimum absolute atomic E-state index is 0.569. The van der Waals surface area contributed by atoms with Crippen molar-refractivity contribution in [1.82, 2.24) is 9.97 Å². The van der Waals surface area contributed by atoms with Gasteiger partial charge in [0.2, 0.25) is 0 Å². The van der Waals surface area contributed by atoms with Crippen LogP contribution in [0.2, 0.25) is 0 Å². The van der Waals surface area contributed by atoms with Gasteiger partial charge >= 0.3 is 0 Å². The molecule has 18 heavy (non-hydrogen) atoms. The lowest BCUT2D eigenvalue weighted by Crippen LogP contribution is -2.27. The molecule has 0 radical (unpaired) electrons. The Kier molecular flexibility index (Phi) is 2.84. The average molecular weight is 240 g/mol. The molecule has 1 fully saturated rings. The fourth-order valence-corrected chi connectivity index (χ4v) is 2.04. The number of nitrogen functional groups attached to an aromatic ring is 1. The van der Waals surface area contributed by atoms with Gasteiger partial charge in [-0.15, -0.1) is 0 Å². The third-order valence-corrected chi connectivity index (χ3v) is 3.34. The third-order valence-electron chi connectivity index (χ3n) is 3.34. The van der Waals surface area contributed by atoms with Gasteiger partial charge in [-0.05, 0) is 43.5 Å². The van der Waals surface area contributed by atoms with E-state index < -0.39 is 0 Å². The fourth-order valence-electron chi connectivity index (χ4n) is 2.04. The molecule has 1 saturated carbocycles. The van der Waals surface area contributed by atoms with Gasteiger partial charge in [0.15, 0.2) is 5.82 Å². The molecule has 4 heteroatoms. The van der Waals surface area contributed by atoms with Gasteiger partial charge in [-0.2, -0.15) is 0 Å². The lowest BCUT2D eigenvalue weighted by Gasteiger charge is -2.28. The Bertz CT molecular complexity index is 535. The first-order valence-corrected chi connectivity index (χ1v) is 6.26. The number of aromatic nitrogens is 2. The minimum atomic E-state index is 0.569. The van der Waals surface area contributed by atoms with E-state index in [2.05, 4.69) is 15.3 Å². The fraction of sp³-hybridized carbons (Fsp3) is 0.286. The number of nitrogens with two attached hydrogens (primary N) is 1. The van der Waals surface area contributed by atoms with Gasteiger partial charge in [0.1, 0.15) is 0 Å². The van der Waals surface area contributed by atoms with Crippen LogP contribution in [0, 0.1) is 0 Å². The summed E-state index contributed by atoms with van der Waals surface area (Å²) in [5.41, 5.74) is 8.75. The Balaban J connectivity index is 1.90. The SMILES string of the molecule is Nc1ccc(-c2ncccn2)cc1NC1CCC1. The third kappa shape index (κ3) is 2.14. The summed E-state index contributed by atoms with van der Waals surface area (Å²) < 4.78 is 0. The van der Waals surface area contributed by atoms with E-state index in [0.717, 1.165) is 22.8 Å². The maximum atomic E-state index is 5.99. The molecule has 1 aliphatic rings. The Hall–Kier alpha value is -2.10. The van der Waals surface area contributed by atoms with Crippen molar-refractivity contribution in [3.05, 3.63) is 36.7 Å². The van der Waals surface area contributed by atoms with Gasteiger partial charge in [0.25, 0.3) is 0 Å². The molecule has 3 N–H and O–H groups in total. The highest BCUT2D eigenvalue weighted by atomic mass is 14.9. The Morgan fingerprint density at radius 1 is 1.17 bits per heavy atom. The van der Waals surface area contributed by atoms with Crippen LogP contribution in [0.4, 0.5) is 11.4 Å². The number of hydrogen-bond acceptors (Lipinski definition) is 4. The van der Waals surface area contributed by atoms with Crippen molar-refractivity contribution in [1.29, 1.82) is 0 Å². The molecule has 0 amide bonds. The van der Waals surface area contributed by atoms with E-state index in [1.54, 1.807) is 12.4 Å². The topological polar surface area (TPSA) is 63.8 Å². The second kappa shape index (κ2) is 4.64. The van der Waals surface area contributed by atoms with Crippen LogP contribution in [0.15, 0.2) is 36.7 Å². The van der Waals surface area contributed by atoms with Crippen molar-refractivity contribution in [2.24, 2.45) is 0 Å². The highest BCUT2D eigenvalue weighted by Crippen LogP contribution is 2.29. The number of nitrogens with one attached hydrogen (secondary N) is 1. The van der Waals surface area contributed by atoms with Gasteiger partial charge in [-0.25, -0.2) is 9.97 Å². The van der Waals surface area contributed by atoms with E-state index >= 15 is 0 Å². The Morgan fingerprint density at radius 3 is 2.61 bits per heavy atom. The summed E-state index contributed by atoms with van der Waals surface area (Å²) in [5.74, 6) is 0.731.